The molecule has 1 aromatic rings. The molecular formula is C13H13Cl3N2O2. The van der Waals surface area contributed by atoms with E-state index in [-0.39, 0.29) is 34.3 Å². The number of carbonyl (C=O) groups excluding carboxylic acids is 2. The molecule has 7 heteroatoms. The first kappa shape index (κ1) is 15.4. The van der Waals surface area contributed by atoms with Gasteiger partial charge in [-0.2, -0.15) is 0 Å². The first-order valence-electron chi connectivity index (χ1n) is 6.06. The van der Waals surface area contributed by atoms with Crippen LogP contribution in [0.4, 0.5) is 5.69 Å². The number of carbonyl (C=O) groups is 2. The zero-order valence-corrected chi connectivity index (χ0v) is 13.2. The molecule has 0 saturated carbocycles. The van der Waals surface area contributed by atoms with Gasteiger partial charge in [0.1, 0.15) is 12.6 Å². The summed E-state index contributed by atoms with van der Waals surface area (Å²) in [6.45, 7) is 3.64. The third kappa shape index (κ3) is 2.87. The lowest BCUT2D eigenvalue weighted by Crippen LogP contribution is -2.60. The second-order valence-corrected chi connectivity index (χ2v) is 6.15. The van der Waals surface area contributed by atoms with Crippen molar-refractivity contribution >= 4 is 52.3 Å². The first-order valence-corrected chi connectivity index (χ1v) is 7.20. The minimum Gasteiger partial charge on any atom is -0.342 e. The third-order valence-electron chi connectivity index (χ3n) is 3.10. The molecule has 1 aliphatic rings. The molecule has 1 saturated heterocycles. The van der Waals surface area contributed by atoms with Crippen LogP contribution in [0.3, 0.4) is 0 Å². The van der Waals surface area contributed by atoms with Crippen molar-refractivity contribution < 1.29 is 9.59 Å². The lowest BCUT2D eigenvalue weighted by Gasteiger charge is -2.34. The van der Waals surface area contributed by atoms with Crippen molar-refractivity contribution in [2.45, 2.75) is 19.9 Å². The molecule has 0 bridgehead atoms. The normalized spacial score (nSPS) is 19.5. The van der Waals surface area contributed by atoms with Gasteiger partial charge in [-0.05, 0) is 18.1 Å². The Hall–Kier alpha value is -0.970. The molecule has 0 spiro atoms. The molecule has 1 heterocycles. The molecule has 1 aliphatic heterocycles. The fourth-order valence-electron chi connectivity index (χ4n) is 2.04. The molecule has 1 unspecified atom stereocenters. The van der Waals surface area contributed by atoms with E-state index in [1.807, 2.05) is 13.8 Å². The van der Waals surface area contributed by atoms with Gasteiger partial charge in [0.25, 0.3) is 0 Å². The summed E-state index contributed by atoms with van der Waals surface area (Å²) in [4.78, 5) is 25.5. The van der Waals surface area contributed by atoms with Crippen molar-refractivity contribution in [3.8, 4) is 0 Å². The number of anilines is 1. The molecule has 1 atom stereocenters. The molecule has 2 rings (SSSR count). The lowest BCUT2D eigenvalue weighted by molar-refractivity contribution is -0.132. The SMILES string of the molecule is CC(C)C1NC(=O)CN(c2cc(Cl)c(Cl)cc2Cl)C1=O. The van der Waals surface area contributed by atoms with Gasteiger partial charge in [0.2, 0.25) is 11.8 Å². The zero-order chi connectivity index (χ0) is 15.0. The summed E-state index contributed by atoms with van der Waals surface area (Å²) in [5.41, 5.74) is 0.395. The Labute approximate surface area is 132 Å². The number of piperazine rings is 1. The highest BCUT2D eigenvalue weighted by Crippen LogP contribution is 2.35. The average molecular weight is 336 g/mol. The minimum absolute atomic E-state index is 0.0178. The van der Waals surface area contributed by atoms with E-state index in [0.29, 0.717) is 10.7 Å². The highest BCUT2D eigenvalue weighted by Gasteiger charge is 2.36. The van der Waals surface area contributed by atoms with Gasteiger partial charge in [0, 0.05) is 0 Å². The maximum atomic E-state index is 12.4. The largest absolute Gasteiger partial charge is 0.342 e. The van der Waals surface area contributed by atoms with Gasteiger partial charge in [-0.1, -0.05) is 48.7 Å². The van der Waals surface area contributed by atoms with Crippen molar-refractivity contribution in [1.82, 2.24) is 5.32 Å². The molecule has 2 amide bonds. The van der Waals surface area contributed by atoms with E-state index in [1.54, 1.807) is 0 Å². The second-order valence-electron chi connectivity index (χ2n) is 4.93. The Balaban J connectivity index is 2.43. The van der Waals surface area contributed by atoms with Crippen LogP contribution in [-0.4, -0.2) is 24.4 Å². The molecule has 0 radical (unpaired) electrons. The van der Waals surface area contributed by atoms with Gasteiger partial charge in [-0.25, -0.2) is 0 Å². The van der Waals surface area contributed by atoms with Crippen LogP contribution in [0.15, 0.2) is 12.1 Å². The van der Waals surface area contributed by atoms with Crippen LogP contribution in [-0.2, 0) is 9.59 Å². The maximum absolute atomic E-state index is 12.4. The fourth-order valence-corrected chi connectivity index (χ4v) is 2.69. The predicted octanol–water partition coefficient (Wildman–Crippen LogP) is 3.13. The quantitative estimate of drug-likeness (QED) is 0.844. The topological polar surface area (TPSA) is 49.4 Å². The molecule has 1 N–H and O–H groups in total. The Morgan fingerprint density at radius 2 is 1.75 bits per heavy atom. The number of rotatable bonds is 2. The van der Waals surface area contributed by atoms with E-state index in [9.17, 15) is 9.59 Å². The van der Waals surface area contributed by atoms with Crippen molar-refractivity contribution in [2.75, 3.05) is 11.4 Å². The summed E-state index contributed by atoms with van der Waals surface area (Å²) in [5.74, 6) is -0.457. The van der Waals surface area contributed by atoms with Crippen LogP contribution in [0.25, 0.3) is 0 Å². The van der Waals surface area contributed by atoms with Crippen LogP contribution >= 0.6 is 34.8 Å². The molecule has 4 nitrogen and oxygen atoms in total. The molecular weight excluding hydrogens is 323 g/mol. The zero-order valence-electron chi connectivity index (χ0n) is 10.9. The Morgan fingerprint density at radius 1 is 1.15 bits per heavy atom. The standard InChI is InChI=1S/C13H13Cl3N2O2/c1-6(2)12-13(20)18(5-11(19)17-12)10-4-8(15)7(14)3-9(10)16/h3-4,6,12H,5H2,1-2H3,(H,17,19). The first-order chi connectivity index (χ1) is 9.31. The van der Waals surface area contributed by atoms with E-state index in [4.69, 9.17) is 34.8 Å². The Kier molecular flexibility index (Phi) is 4.47. The molecule has 0 aromatic heterocycles. The molecule has 0 aliphatic carbocycles. The van der Waals surface area contributed by atoms with Gasteiger partial charge in [-0.15, -0.1) is 0 Å². The van der Waals surface area contributed by atoms with Crippen LogP contribution in [0, 0.1) is 5.92 Å². The van der Waals surface area contributed by atoms with Crippen LogP contribution < -0.4 is 10.2 Å². The van der Waals surface area contributed by atoms with Crippen LogP contribution in [0.5, 0.6) is 0 Å². The molecule has 108 valence electrons. The predicted molar refractivity (Wildman–Crippen MR) is 80.6 cm³/mol. The number of hydrogen-bond acceptors (Lipinski definition) is 2. The molecule has 1 fully saturated rings. The third-order valence-corrected chi connectivity index (χ3v) is 4.12. The van der Waals surface area contributed by atoms with Crippen molar-refractivity contribution in [3.63, 3.8) is 0 Å². The summed E-state index contributed by atoms with van der Waals surface area (Å²) >= 11 is 17.9. The van der Waals surface area contributed by atoms with E-state index in [0.717, 1.165) is 0 Å². The number of benzene rings is 1. The van der Waals surface area contributed by atoms with Crippen molar-refractivity contribution in [2.24, 2.45) is 5.92 Å². The van der Waals surface area contributed by atoms with Crippen molar-refractivity contribution in [1.29, 1.82) is 0 Å². The minimum atomic E-state index is -0.568. The summed E-state index contributed by atoms with van der Waals surface area (Å²) in [7, 11) is 0. The molecule has 1 aromatic carbocycles. The average Bonchev–Trinajstić information content (AvgIpc) is 2.36. The maximum Gasteiger partial charge on any atom is 0.250 e. The second kappa shape index (κ2) is 5.80. The van der Waals surface area contributed by atoms with Crippen LogP contribution in [0.2, 0.25) is 15.1 Å². The fraction of sp³-hybridized carbons (Fsp3) is 0.385. The van der Waals surface area contributed by atoms with E-state index < -0.39 is 6.04 Å². The van der Waals surface area contributed by atoms with Crippen molar-refractivity contribution in [3.05, 3.63) is 27.2 Å². The van der Waals surface area contributed by atoms with Crippen LogP contribution in [0.1, 0.15) is 13.8 Å². The van der Waals surface area contributed by atoms with E-state index >= 15 is 0 Å². The highest BCUT2D eigenvalue weighted by molar-refractivity contribution is 6.44. The Morgan fingerprint density at radius 3 is 2.35 bits per heavy atom. The summed E-state index contributed by atoms with van der Waals surface area (Å²) in [6.07, 6.45) is 0. The number of halogens is 3. The van der Waals surface area contributed by atoms with Gasteiger partial charge in [0.05, 0.1) is 20.8 Å². The smallest absolute Gasteiger partial charge is 0.250 e. The summed E-state index contributed by atoms with van der Waals surface area (Å²) in [5, 5.41) is 3.54. The Bertz CT molecular complexity index is 575. The van der Waals surface area contributed by atoms with Gasteiger partial charge in [-0.3, -0.25) is 14.5 Å². The van der Waals surface area contributed by atoms with Gasteiger partial charge in [0.15, 0.2) is 0 Å². The number of hydrogen-bond donors (Lipinski definition) is 1. The van der Waals surface area contributed by atoms with E-state index in [1.165, 1.54) is 17.0 Å². The lowest BCUT2D eigenvalue weighted by atomic mass is 10.0. The van der Waals surface area contributed by atoms with Gasteiger partial charge < -0.3 is 5.32 Å². The molecule has 20 heavy (non-hydrogen) atoms. The number of nitrogens with one attached hydrogen (secondary N) is 1. The summed E-state index contributed by atoms with van der Waals surface area (Å²) in [6, 6.07) is 2.40. The number of nitrogens with zero attached hydrogens (tertiary/aromatic N) is 1. The monoisotopic (exact) mass is 334 g/mol. The number of amides is 2. The summed E-state index contributed by atoms with van der Waals surface area (Å²) < 4.78 is 0. The van der Waals surface area contributed by atoms with E-state index in [2.05, 4.69) is 5.32 Å². The van der Waals surface area contributed by atoms with Gasteiger partial charge >= 0.3 is 0 Å². The highest BCUT2D eigenvalue weighted by atomic mass is 35.5.